The molecule has 0 saturated heterocycles. The lowest BCUT2D eigenvalue weighted by Crippen LogP contribution is -2.25. The van der Waals surface area contributed by atoms with Gasteiger partial charge in [-0.25, -0.2) is 0 Å². The number of nitrogens with one attached hydrogen (secondary N) is 1. The van der Waals surface area contributed by atoms with Crippen molar-refractivity contribution in [3.63, 3.8) is 0 Å². The number of benzene rings is 4. The molecule has 0 amide bonds. The number of nitrogens with zero attached hydrogens (tertiary/aromatic N) is 1. The molecule has 0 fully saturated rings. The number of aliphatic imine (C=N–C) groups is 1. The van der Waals surface area contributed by atoms with Crippen LogP contribution in [0.15, 0.2) is 113 Å². The number of fused-ring (bicyclic) bond motifs is 6. The second-order valence-electron chi connectivity index (χ2n) is 11.8. The van der Waals surface area contributed by atoms with Crippen LogP contribution >= 0.6 is 0 Å². The smallest absolute Gasteiger partial charge is 0.237 e. The summed E-state index contributed by atoms with van der Waals surface area (Å²) >= 11 is 0. The minimum absolute atomic E-state index is 0.00306. The maximum absolute atomic E-state index is 13.2. The highest BCUT2D eigenvalue weighted by atomic mass is 16.3. The van der Waals surface area contributed by atoms with Gasteiger partial charge >= 0.3 is 0 Å². The van der Waals surface area contributed by atoms with Crippen molar-refractivity contribution in [3.8, 4) is 0 Å². The molecule has 0 radical (unpaired) electrons. The highest BCUT2D eigenvalue weighted by molar-refractivity contribution is 6.54. The van der Waals surface area contributed by atoms with Crippen LogP contribution in [0.4, 0.5) is 11.4 Å². The second kappa shape index (κ2) is 8.12. The molecule has 7 rings (SSSR count). The van der Waals surface area contributed by atoms with Gasteiger partial charge in [-0.15, -0.1) is 0 Å². The minimum atomic E-state index is -0.720. The molecule has 5 heteroatoms. The Morgan fingerprint density at radius 1 is 0.725 bits per heavy atom. The van der Waals surface area contributed by atoms with Gasteiger partial charge in [-0.2, -0.15) is 0 Å². The summed E-state index contributed by atoms with van der Waals surface area (Å²) in [5, 5.41) is 19.2. The number of allylic oxidation sites excluding steroid dienone is 5. The number of Topliss-reactive ketones (excluding diaryl/α,β-unsaturated/α-hetero) is 2. The molecule has 196 valence electrons. The number of rotatable bonds is 2. The molecule has 0 spiro atoms. The molecule has 5 nitrogen and oxygen atoms in total. The van der Waals surface area contributed by atoms with E-state index < -0.39 is 22.4 Å². The van der Waals surface area contributed by atoms with Crippen LogP contribution in [0, 0.1) is 0 Å². The number of carbonyl (C=O) groups excluding carboxylic acids is 2. The third-order valence-electron chi connectivity index (χ3n) is 8.69. The molecule has 0 saturated carbocycles. The third-order valence-corrected chi connectivity index (χ3v) is 8.69. The Bertz CT molecular complexity index is 1970. The molecule has 3 aliphatic rings. The van der Waals surface area contributed by atoms with E-state index in [0.29, 0.717) is 5.71 Å². The molecule has 0 unspecified atom stereocenters. The van der Waals surface area contributed by atoms with Crippen molar-refractivity contribution >= 4 is 50.2 Å². The van der Waals surface area contributed by atoms with Gasteiger partial charge in [0.25, 0.3) is 0 Å². The Kier molecular flexibility index (Phi) is 4.93. The quantitative estimate of drug-likeness (QED) is 0.210. The van der Waals surface area contributed by atoms with Crippen LogP contribution in [-0.4, -0.2) is 22.4 Å². The number of ketones is 2. The van der Waals surface area contributed by atoms with Gasteiger partial charge in [0.1, 0.15) is 5.76 Å². The molecule has 0 bridgehead atoms. The van der Waals surface area contributed by atoms with E-state index in [-0.39, 0.29) is 16.9 Å². The minimum Gasteiger partial charge on any atom is -0.506 e. The standard InChI is InChI=1S/C35H28N2O3/c1-34(2)27(36-25-15-13-19-9-5-7-11-21(19)29(25)34)17-23-31(38)24(33(40)32(23)39)18-28-35(3,4)30-22-12-8-6-10-20(22)14-16-26(30)37-28/h5-18,36,38H,1-4H3/b24-18-,27-17+. The summed E-state index contributed by atoms with van der Waals surface area (Å²) in [5.74, 6) is -1.74. The van der Waals surface area contributed by atoms with E-state index in [4.69, 9.17) is 4.99 Å². The number of carbonyl (C=O) groups is 2. The molecule has 4 aromatic rings. The van der Waals surface area contributed by atoms with E-state index in [1.165, 1.54) is 0 Å². The fourth-order valence-electron chi connectivity index (χ4n) is 6.48. The van der Waals surface area contributed by atoms with Crippen molar-refractivity contribution in [3.05, 3.63) is 119 Å². The zero-order valence-corrected chi connectivity index (χ0v) is 22.8. The van der Waals surface area contributed by atoms with Crippen molar-refractivity contribution in [2.24, 2.45) is 4.99 Å². The number of hydrogen-bond donors (Lipinski definition) is 2. The summed E-state index contributed by atoms with van der Waals surface area (Å²) in [6, 6.07) is 24.4. The predicted molar refractivity (Wildman–Crippen MR) is 161 cm³/mol. The zero-order valence-electron chi connectivity index (χ0n) is 22.8. The molecular weight excluding hydrogens is 496 g/mol. The van der Waals surface area contributed by atoms with E-state index in [2.05, 4.69) is 63.3 Å². The molecule has 1 aliphatic carbocycles. The maximum atomic E-state index is 13.2. The second-order valence-corrected chi connectivity index (χ2v) is 11.8. The average Bonchev–Trinajstić information content (AvgIpc) is 3.44. The first kappa shape index (κ1) is 24.3. The maximum Gasteiger partial charge on any atom is 0.237 e. The topological polar surface area (TPSA) is 78.8 Å². The Labute approximate surface area is 232 Å². The van der Waals surface area contributed by atoms with Crippen molar-refractivity contribution in [2.45, 2.75) is 38.5 Å². The van der Waals surface area contributed by atoms with Crippen LogP contribution in [0.2, 0.25) is 0 Å². The van der Waals surface area contributed by atoms with Crippen LogP contribution < -0.4 is 5.32 Å². The van der Waals surface area contributed by atoms with Crippen LogP contribution in [0.3, 0.4) is 0 Å². The molecule has 2 aliphatic heterocycles. The Hall–Kier alpha value is -4.77. The van der Waals surface area contributed by atoms with Crippen LogP contribution in [0.1, 0.15) is 38.8 Å². The highest BCUT2D eigenvalue weighted by Crippen LogP contribution is 2.48. The summed E-state index contributed by atoms with van der Waals surface area (Å²) < 4.78 is 0. The Morgan fingerprint density at radius 2 is 1.35 bits per heavy atom. The van der Waals surface area contributed by atoms with Crippen molar-refractivity contribution in [1.29, 1.82) is 0 Å². The lowest BCUT2D eigenvalue weighted by Gasteiger charge is -2.22. The van der Waals surface area contributed by atoms with Gasteiger partial charge < -0.3 is 10.4 Å². The highest BCUT2D eigenvalue weighted by Gasteiger charge is 2.42. The first-order valence-electron chi connectivity index (χ1n) is 13.5. The molecule has 2 N–H and O–H groups in total. The first-order chi connectivity index (χ1) is 19.1. The van der Waals surface area contributed by atoms with Crippen LogP contribution in [0.5, 0.6) is 0 Å². The van der Waals surface area contributed by atoms with Crippen molar-refractivity contribution in [2.75, 3.05) is 5.32 Å². The van der Waals surface area contributed by atoms with Gasteiger partial charge in [0.2, 0.25) is 11.6 Å². The van der Waals surface area contributed by atoms with Gasteiger partial charge in [0, 0.05) is 22.2 Å². The molecule has 0 atom stereocenters. The van der Waals surface area contributed by atoms with Crippen molar-refractivity contribution in [1.82, 2.24) is 0 Å². The van der Waals surface area contributed by atoms with Crippen LogP contribution in [0.25, 0.3) is 21.5 Å². The van der Waals surface area contributed by atoms with Gasteiger partial charge in [-0.3, -0.25) is 14.6 Å². The molecule has 4 aromatic carbocycles. The van der Waals surface area contributed by atoms with Gasteiger partial charge in [0.15, 0.2) is 0 Å². The molecule has 40 heavy (non-hydrogen) atoms. The molecular formula is C35H28N2O3. The summed E-state index contributed by atoms with van der Waals surface area (Å²) in [7, 11) is 0. The lowest BCUT2D eigenvalue weighted by atomic mass is 9.78. The number of anilines is 1. The number of aliphatic hydroxyl groups is 1. The summed E-state index contributed by atoms with van der Waals surface area (Å²) in [5.41, 5.74) is 4.36. The average molecular weight is 525 g/mol. The van der Waals surface area contributed by atoms with E-state index in [9.17, 15) is 14.7 Å². The fraction of sp³-hybridized carbons (Fsp3) is 0.171. The lowest BCUT2D eigenvalue weighted by molar-refractivity contribution is -0.131. The van der Waals surface area contributed by atoms with E-state index in [1.807, 2.05) is 42.5 Å². The van der Waals surface area contributed by atoms with Gasteiger partial charge in [0.05, 0.1) is 22.5 Å². The Morgan fingerprint density at radius 3 is 2.05 bits per heavy atom. The molecule has 2 heterocycles. The fourth-order valence-corrected chi connectivity index (χ4v) is 6.48. The van der Waals surface area contributed by atoms with Gasteiger partial charge in [-0.05, 0) is 57.0 Å². The van der Waals surface area contributed by atoms with Crippen molar-refractivity contribution < 1.29 is 14.7 Å². The SMILES string of the molecule is CC1(C)C(/C=C2\C(=O)C(=O)C(/C=C3/Nc4ccc5ccccc5c4C3(C)C)=C2O)=Nc2ccc3ccccc3c21. The van der Waals surface area contributed by atoms with Crippen LogP contribution in [-0.2, 0) is 20.4 Å². The largest absolute Gasteiger partial charge is 0.506 e. The zero-order chi connectivity index (χ0) is 28.0. The number of hydrogen-bond acceptors (Lipinski definition) is 5. The van der Waals surface area contributed by atoms with E-state index in [1.54, 1.807) is 12.2 Å². The number of aliphatic hydroxyl groups excluding tert-OH is 1. The summed E-state index contributed by atoms with van der Waals surface area (Å²) in [4.78, 5) is 31.3. The van der Waals surface area contributed by atoms with E-state index >= 15 is 0 Å². The summed E-state index contributed by atoms with van der Waals surface area (Å²) in [6.07, 6.45) is 3.22. The normalized spacial score (nSPS) is 20.9. The summed E-state index contributed by atoms with van der Waals surface area (Å²) in [6.45, 7) is 8.27. The monoisotopic (exact) mass is 524 g/mol. The predicted octanol–water partition coefficient (Wildman–Crippen LogP) is 7.53. The van der Waals surface area contributed by atoms with Gasteiger partial charge in [-0.1, -0.05) is 88.4 Å². The first-order valence-corrected chi connectivity index (χ1v) is 13.5. The van der Waals surface area contributed by atoms with E-state index in [0.717, 1.165) is 49.7 Å². The third kappa shape index (κ3) is 3.24. The molecule has 0 aromatic heterocycles. The Balaban J connectivity index is 1.31.